The van der Waals surface area contributed by atoms with Crippen molar-refractivity contribution in [1.82, 2.24) is 15.3 Å². The van der Waals surface area contributed by atoms with Crippen LogP contribution in [0.4, 0.5) is 5.69 Å². The van der Waals surface area contributed by atoms with Crippen LogP contribution in [-0.2, 0) is 0 Å². The minimum absolute atomic E-state index is 0.0599. The average molecular weight is 486 g/mol. The highest BCUT2D eigenvalue weighted by molar-refractivity contribution is 5.65. The van der Waals surface area contributed by atoms with Gasteiger partial charge in [0.15, 0.2) is 0 Å². The minimum atomic E-state index is 0.0599. The summed E-state index contributed by atoms with van der Waals surface area (Å²) < 4.78 is 0. The number of anilines is 1. The van der Waals surface area contributed by atoms with Crippen LogP contribution in [0.3, 0.4) is 0 Å². The van der Waals surface area contributed by atoms with E-state index in [0.29, 0.717) is 11.5 Å². The predicted molar refractivity (Wildman–Crippen MR) is 149 cm³/mol. The number of benzene rings is 3. The van der Waals surface area contributed by atoms with Crippen molar-refractivity contribution in [2.75, 3.05) is 11.9 Å². The first-order valence-corrected chi connectivity index (χ1v) is 12.8. The summed E-state index contributed by atoms with van der Waals surface area (Å²) in [6.45, 7) is 4.93. The molecule has 3 aromatic carbocycles. The van der Waals surface area contributed by atoms with Crippen molar-refractivity contribution >= 4 is 5.69 Å². The number of nitrogens with zero attached hydrogens (tertiary/aromatic N) is 3. The molecule has 4 aromatic rings. The fourth-order valence-electron chi connectivity index (χ4n) is 4.47. The van der Waals surface area contributed by atoms with E-state index >= 15 is 0 Å². The van der Waals surface area contributed by atoms with E-state index in [2.05, 4.69) is 100 Å². The molecule has 1 heterocycles. The van der Waals surface area contributed by atoms with Crippen molar-refractivity contribution in [3.63, 3.8) is 0 Å². The molecule has 1 aliphatic carbocycles. The Morgan fingerprint density at radius 2 is 1.54 bits per heavy atom. The van der Waals surface area contributed by atoms with Crippen LogP contribution in [0.15, 0.2) is 103 Å². The van der Waals surface area contributed by atoms with Gasteiger partial charge in [0.25, 0.3) is 0 Å². The SMILES string of the molecule is Cc1ncc(-c2ccc(NC(=C3CC3)C(NCC(C)c3ccc(C#N)cc3)c3ccccc3)cc2)cn1. The van der Waals surface area contributed by atoms with E-state index in [1.807, 2.05) is 31.5 Å². The summed E-state index contributed by atoms with van der Waals surface area (Å²) in [5.41, 5.74) is 9.03. The molecule has 1 fully saturated rings. The molecule has 2 atom stereocenters. The normalized spacial score (nSPS) is 13.9. The van der Waals surface area contributed by atoms with Crippen molar-refractivity contribution in [2.24, 2.45) is 0 Å². The zero-order valence-corrected chi connectivity index (χ0v) is 21.3. The molecule has 184 valence electrons. The molecule has 1 aliphatic rings. The lowest BCUT2D eigenvalue weighted by Gasteiger charge is -2.26. The molecule has 5 nitrogen and oxygen atoms in total. The molecule has 1 saturated carbocycles. The van der Waals surface area contributed by atoms with Gasteiger partial charge >= 0.3 is 0 Å². The molecule has 0 aliphatic heterocycles. The van der Waals surface area contributed by atoms with Crippen LogP contribution in [-0.4, -0.2) is 16.5 Å². The third-order valence-electron chi connectivity index (χ3n) is 6.82. The van der Waals surface area contributed by atoms with Crippen LogP contribution in [0.1, 0.15) is 54.2 Å². The number of allylic oxidation sites excluding steroid dienone is 1. The fraction of sp³-hybridized carbons (Fsp3) is 0.219. The van der Waals surface area contributed by atoms with E-state index in [1.165, 1.54) is 22.4 Å². The van der Waals surface area contributed by atoms with Crippen LogP contribution in [0.5, 0.6) is 0 Å². The van der Waals surface area contributed by atoms with Gasteiger partial charge in [-0.15, -0.1) is 0 Å². The van der Waals surface area contributed by atoms with E-state index in [1.54, 1.807) is 0 Å². The van der Waals surface area contributed by atoms with Gasteiger partial charge in [-0.25, -0.2) is 9.97 Å². The number of aryl methyl sites for hydroxylation is 1. The number of hydrogen-bond acceptors (Lipinski definition) is 5. The zero-order chi connectivity index (χ0) is 25.6. The van der Waals surface area contributed by atoms with E-state index in [-0.39, 0.29) is 6.04 Å². The Kier molecular flexibility index (Phi) is 7.39. The van der Waals surface area contributed by atoms with Crippen LogP contribution >= 0.6 is 0 Å². The van der Waals surface area contributed by atoms with Gasteiger partial charge in [-0.05, 0) is 72.2 Å². The lowest BCUT2D eigenvalue weighted by molar-refractivity contribution is 0.553. The molecule has 0 radical (unpaired) electrons. The third-order valence-corrected chi connectivity index (χ3v) is 6.82. The molecule has 2 unspecified atom stereocenters. The van der Waals surface area contributed by atoms with Gasteiger partial charge in [0.05, 0.1) is 17.7 Å². The van der Waals surface area contributed by atoms with Crippen molar-refractivity contribution in [3.05, 3.63) is 125 Å². The van der Waals surface area contributed by atoms with Crippen molar-refractivity contribution in [3.8, 4) is 17.2 Å². The maximum Gasteiger partial charge on any atom is 0.125 e. The van der Waals surface area contributed by atoms with Crippen molar-refractivity contribution in [2.45, 2.75) is 38.6 Å². The second kappa shape index (κ2) is 11.2. The van der Waals surface area contributed by atoms with Gasteiger partial charge < -0.3 is 10.6 Å². The van der Waals surface area contributed by atoms with Gasteiger partial charge in [0, 0.05) is 35.9 Å². The van der Waals surface area contributed by atoms with Gasteiger partial charge in [-0.3, -0.25) is 0 Å². The first-order chi connectivity index (χ1) is 18.1. The Balaban J connectivity index is 1.35. The quantitative estimate of drug-likeness (QED) is 0.269. The van der Waals surface area contributed by atoms with Crippen LogP contribution in [0.2, 0.25) is 0 Å². The van der Waals surface area contributed by atoms with Gasteiger partial charge in [0.1, 0.15) is 5.82 Å². The molecule has 1 aromatic heterocycles. The lowest BCUT2D eigenvalue weighted by atomic mass is 9.97. The van der Waals surface area contributed by atoms with Gasteiger partial charge in [0.2, 0.25) is 0 Å². The summed E-state index contributed by atoms with van der Waals surface area (Å²) in [4.78, 5) is 8.65. The highest BCUT2D eigenvalue weighted by atomic mass is 15.0. The average Bonchev–Trinajstić information content (AvgIpc) is 3.79. The molecular formula is C32H31N5. The molecule has 0 saturated heterocycles. The summed E-state index contributed by atoms with van der Waals surface area (Å²) in [5.74, 6) is 1.08. The molecule has 0 spiro atoms. The van der Waals surface area contributed by atoms with Crippen LogP contribution in [0.25, 0.3) is 11.1 Å². The predicted octanol–water partition coefficient (Wildman–Crippen LogP) is 6.92. The molecule has 0 bridgehead atoms. The van der Waals surface area contributed by atoms with Gasteiger partial charge in [-0.2, -0.15) is 5.26 Å². The summed E-state index contributed by atoms with van der Waals surface area (Å²) >= 11 is 0. The molecule has 5 rings (SSSR count). The largest absolute Gasteiger partial charge is 0.357 e. The Bertz CT molecular complexity index is 1390. The fourth-order valence-corrected chi connectivity index (χ4v) is 4.47. The monoisotopic (exact) mass is 485 g/mol. The van der Waals surface area contributed by atoms with E-state index < -0.39 is 0 Å². The Morgan fingerprint density at radius 1 is 0.865 bits per heavy atom. The van der Waals surface area contributed by atoms with E-state index in [9.17, 15) is 0 Å². The summed E-state index contributed by atoms with van der Waals surface area (Å²) in [5, 5.41) is 16.7. The lowest BCUT2D eigenvalue weighted by Crippen LogP contribution is -2.29. The number of nitriles is 1. The smallest absolute Gasteiger partial charge is 0.125 e. The highest BCUT2D eigenvalue weighted by Gasteiger charge is 2.26. The Hall–Kier alpha value is -4.27. The Labute approximate surface area is 218 Å². The topological polar surface area (TPSA) is 73.6 Å². The van der Waals surface area contributed by atoms with E-state index in [4.69, 9.17) is 5.26 Å². The zero-order valence-electron chi connectivity index (χ0n) is 21.3. The molecule has 0 amide bonds. The van der Waals surface area contributed by atoms with Gasteiger partial charge in [-0.1, -0.05) is 61.5 Å². The van der Waals surface area contributed by atoms with Crippen molar-refractivity contribution in [1.29, 1.82) is 5.26 Å². The number of hydrogen-bond donors (Lipinski definition) is 2. The standard InChI is InChI=1S/C32H31N5/c1-22(25-10-8-24(18-33)9-11-25)19-36-31(27-6-4-3-5-7-27)32(28-12-13-28)37-30-16-14-26(15-17-30)29-20-34-23(2)35-21-29/h3-11,14-17,20-22,31,36-37H,12-13,19H2,1-2H3. The maximum atomic E-state index is 9.11. The summed E-state index contributed by atoms with van der Waals surface area (Å²) in [6.07, 6.45) is 5.98. The van der Waals surface area contributed by atoms with Crippen LogP contribution in [0, 0.1) is 18.3 Å². The second-order valence-corrected chi connectivity index (χ2v) is 9.63. The highest BCUT2D eigenvalue weighted by Crippen LogP contribution is 2.38. The number of aromatic nitrogens is 2. The molecule has 2 N–H and O–H groups in total. The van der Waals surface area contributed by atoms with E-state index in [0.717, 1.165) is 42.0 Å². The summed E-state index contributed by atoms with van der Waals surface area (Å²) in [7, 11) is 0. The van der Waals surface area contributed by atoms with Crippen molar-refractivity contribution < 1.29 is 0 Å². The molecule has 5 heteroatoms. The molecule has 37 heavy (non-hydrogen) atoms. The van der Waals surface area contributed by atoms with Crippen LogP contribution < -0.4 is 10.6 Å². The first kappa shape index (κ1) is 24.4. The minimum Gasteiger partial charge on any atom is -0.357 e. The number of nitrogens with one attached hydrogen (secondary N) is 2. The number of rotatable bonds is 9. The first-order valence-electron chi connectivity index (χ1n) is 12.8. The second-order valence-electron chi connectivity index (χ2n) is 9.63. The summed E-state index contributed by atoms with van der Waals surface area (Å²) in [6, 6.07) is 29.3. The maximum absolute atomic E-state index is 9.11. The Morgan fingerprint density at radius 3 is 2.16 bits per heavy atom. The molecular weight excluding hydrogens is 454 g/mol. The third kappa shape index (κ3) is 6.11.